The SMILES string of the molecule is Cc1ccc(NC(=O)c2ccc(CN3CCN(CCCCCCOCCOCC(=O)N[C@H](C(=O)N4C[C@H](O)C[C@H]4C(=O)NCc4ccc(-c5scnc5C)cc4)C(C)(C)C)CC3)cc2)cc1Nc1nccc(-c2cccnc2)n1. The maximum absolute atomic E-state index is 14.0. The molecule has 418 valence electrons. The summed E-state index contributed by atoms with van der Waals surface area (Å²) in [6.45, 7) is 16.7. The van der Waals surface area contributed by atoms with Gasteiger partial charge in [-0.05, 0) is 103 Å². The van der Waals surface area contributed by atoms with Crippen molar-refractivity contribution in [2.24, 2.45) is 5.41 Å². The summed E-state index contributed by atoms with van der Waals surface area (Å²) in [5, 5.41) is 22.7. The number of rotatable bonds is 25. The second-order valence-corrected chi connectivity index (χ2v) is 22.3. The van der Waals surface area contributed by atoms with E-state index >= 15 is 0 Å². The predicted molar refractivity (Wildman–Crippen MR) is 308 cm³/mol. The highest BCUT2D eigenvalue weighted by Crippen LogP contribution is 2.29. The maximum Gasteiger partial charge on any atom is 0.255 e. The molecule has 0 bridgehead atoms. The number of thiazole rings is 1. The fourth-order valence-corrected chi connectivity index (χ4v) is 10.5. The van der Waals surface area contributed by atoms with E-state index in [4.69, 9.17) is 9.47 Å². The minimum Gasteiger partial charge on any atom is -0.391 e. The van der Waals surface area contributed by atoms with E-state index in [1.54, 1.807) is 29.9 Å². The van der Waals surface area contributed by atoms with Crippen molar-refractivity contribution in [2.45, 2.75) is 98.0 Å². The van der Waals surface area contributed by atoms with E-state index < -0.39 is 35.4 Å². The number of amides is 4. The van der Waals surface area contributed by atoms with Gasteiger partial charge in [0.1, 0.15) is 18.7 Å². The number of ether oxygens (including phenoxy) is 2. The molecule has 18 nitrogen and oxygen atoms in total. The van der Waals surface area contributed by atoms with Gasteiger partial charge in [-0.15, -0.1) is 11.3 Å². The van der Waals surface area contributed by atoms with Crippen molar-refractivity contribution < 1.29 is 33.8 Å². The Morgan fingerprint density at radius 3 is 2.29 bits per heavy atom. The number of pyridine rings is 1. The lowest BCUT2D eigenvalue weighted by Crippen LogP contribution is -2.58. The lowest BCUT2D eigenvalue weighted by Gasteiger charge is -2.35. The molecule has 3 aromatic carbocycles. The van der Waals surface area contributed by atoms with Crippen molar-refractivity contribution in [2.75, 3.05) is 76.3 Å². The average molecular weight is 1090 g/mol. The van der Waals surface area contributed by atoms with Crippen LogP contribution in [0.25, 0.3) is 21.7 Å². The first kappa shape index (κ1) is 58.2. The van der Waals surface area contributed by atoms with E-state index in [9.17, 15) is 24.3 Å². The summed E-state index contributed by atoms with van der Waals surface area (Å²) < 4.78 is 11.4. The average Bonchev–Trinajstić information content (AvgIpc) is 4.18. The largest absolute Gasteiger partial charge is 0.391 e. The molecule has 2 saturated heterocycles. The van der Waals surface area contributed by atoms with Crippen molar-refractivity contribution in [1.82, 2.24) is 45.3 Å². The number of anilines is 3. The number of piperazine rings is 1. The Labute approximate surface area is 467 Å². The second-order valence-electron chi connectivity index (χ2n) is 21.5. The monoisotopic (exact) mass is 1090 g/mol. The highest BCUT2D eigenvalue weighted by molar-refractivity contribution is 7.13. The summed E-state index contributed by atoms with van der Waals surface area (Å²) in [5.74, 6) is -0.949. The van der Waals surface area contributed by atoms with Crippen LogP contribution in [-0.2, 0) is 36.9 Å². The van der Waals surface area contributed by atoms with Gasteiger partial charge in [0.15, 0.2) is 0 Å². The van der Waals surface area contributed by atoms with Crippen molar-refractivity contribution in [3.63, 3.8) is 0 Å². The molecule has 6 aromatic rings. The van der Waals surface area contributed by atoms with Crippen LogP contribution < -0.4 is 21.3 Å². The molecule has 3 atom stereocenters. The van der Waals surface area contributed by atoms with Crippen LogP contribution in [0.5, 0.6) is 0 Å². The zero-order valence-corrected chi connectivity index (χ0v) is 46.9. The smallest absolute Gasteiger partial charge is 0.255 e. The zero-order chi connectivity index (χ0) is 55.7. The number of unbranched alkanes of at least 4 members (excludes halogenated alkanes) is 3. The van der Waals surface area contributed by atoms with Gasteiger partial charge in [0.25, 0.3) is 5.91 Å². The Morgan fingerprint density at radius 1 is 0.810 bits per heavy atom. The number of β-amino-alcohol motifs (C(OH)–C–C–N with tert-alkyl or cyclic N) is 1. The molecule has 3 aromatic heterocycles. The third-order valence-electron chi connectivity index (χ3n) is 14.3. The Kier molecular flexibility index (Phi) is 20.8. The molecule has 79 heavy (non-hydrogen) atoms. The number of carbonyl (C=O) groups is 4. The zero-order valence-electron chi connectivity index (χ0n) is 46.1. The Morgan fingerprint density at radius 2 is 1.56 bits per heavy atom. The number of nitrogens with zero attached hydrogens (tertiary/aromatic N) is 7. The molecular formula is C60H75N11O7S. The molecular weight excluding hydrogens is 1020 g/mol. The first-order chi connectivity index (χ1) is 38.2. The molecule has 8 rings (SSSR count). The molecule has 5 N–H and O–H groups in total. The number of aliphatic hydroxyl groups is 1. The third-order valence-corrected chi connectivity index (χ3v) is 15.2. The van der Waals surface area contributed by atoms with Crippen LogP contribution in [-0.4, -0.2) is 147 Å². The number of hydrogen-bond acceptors (Lipinski definition) is 15. The van der Waals surface area contributed by atoms with Crippen LogP contribution in [0.1, 0.15) is 85.6 Å². The lowest BCUT2D eigenvalue weighted by molar-refractivity contribution is -0.144. The van der Waals surface area contributed by atoms with Crippen LogP contribution in [0.15, 0.2) is 109 Å². The van der Waals surface area contributed by atoms with Gasteiger partial charge in [-0.2, -0.15) is 0 Å². The van der Waals surface area contributed by atoms with Crippen molar-refractivity contribution >= 4 is 52.3 Å². The molecule has 0 unspecified atom stereocenters. The third kappa shape index (κ3) is 17.0. The van der Waals surface area contributed by atoms with Gasteiger partial charge in [0.05, 0.1) is 41.1 Å². The van der Waals surface area contributed by atoms with Gasteiger partial charge in [-0.25, -0.2) is 15.0 Å². The van der Waals surface area contributed by atoms with Gasteiger partial charge in [-0.3, -0.25) is 29.1 Å². The normalized spacial score (nSPS) is 16.4. The Balaban J connectivity index is 0.653. The topological polar surface area (TPSA) is 216 Å². The molecule has 2 aliphatic heterocycles. The number of hydrogen-bond donors (Lipinski definition) is 5. The number of benzene rings is 3. The molecule has 0 radical (unpaired) electrons. The molecule has 0 aliphatic carbocycles. The molecule has 4 amide bonds. The fourth-order valence-electron chi connectivity index (χ4n) is 9.70. The quantitative estimate of drug-likeness (QED) is 0.0346. The highest BCUT2D eigenvalue weighted by atomic mass is 32.1. The van der Waals surface area contributed by atoms with E-state index in [1.807, 2.05) is 125 Å². The highest BCUT2D eigenvalue weighted by Gasteiger charge is 2.44. The number of likely N-dealkylation sites (tertiary alicyclic amines) is 1. The Bertz CT molecular complexity index is 2950. The van der Waals surface area contributed by atoms with Crippen molar-refractivity contribution in [3.05, 3.63) is 137 Å². The standard InChI is InChI=1S/C60H75N11O7S/c1-41-12-21-48(33-51(41)67-59-62-24-22-50(66-59)47-11-10-23-61-36-47)65-56(74)46-19-15-44(16-20-46)37-70-28-26-69(27-29-70)25-8-6-7-9-30-77-31-32-78-39-53(73)68-55(60(3,4)5)58(76)71-38-49(72)34-52(71)57(75)63-35-43-13-17-45(18-14-43)54-42(2)64-40-79-54/h10-24,33,36,40,49,52,55,72H,6-9,25-32,34-35,37-39H2,1-5H3,(H,63,75)(H,65,74)(H,68,73)(H,62,66,67)/t49-,52+,55-/m1/s1. The van der Waals surface area contributed by atoms with E-state index in [-0.39, 0.29) is 44.5 Å². The number of aryl methyl sites for hydroxylation is 2. The van der Waals surface area contributed by atoms with Crippen LogP contribution in [0.2, 0.25) is 0 Å². The van der Waals surface area contributed by atoms with Gasteiger partial charge in [0, 0.05) is 99.9 Å². The molecule has 0 saturated carbocycles. The molecule has 0 spiro atoms. The van der Waals surface area contributed by atoms with Crippen LogP contribution in [0.4, 0.5) is 17.3 Å². The second kappa shape index (κ2) is 28.2. The van der Waals surface area contributed by atoms with E-state index in [0.717, 1.165) is 109 Å². The van der Waals surface area contributed by atoms with Crippen LogP contribution in [0.3, 0.4) is 0 Å². The number of carbonyl (C=O) groups excluding carboxylic acids is 4. The fraction of sp³-hybridized carbons (Fsp3) is 0.433. The minimum absolute atomic E-state index is 0.00103. The van der Waals surface area contributed by atoms with E-state index in [2.05, 4.69) is 51.0 Å². The number of aliphatic hydroxyl groups excluding tert-OH is 1. The summed E-state index contributed by atoms with van der Waals surface area (Å²) in [6.07, 6.45) is 8.71. The molecule has 5 heterocycles. The molecule has 2 fully saturated rings. The lowest BCUT2D eigenvalue weighted by atomic mass is 9.85. The van der Waals surface area contributed by atoms with Crippen molar-refractivity contribution in [3.8, 4) is 21.7 Å². The Hall–Kier alpha value is -7.00. The number of aromatic nitrogens is 4. The summed E-state index contributed by atoms with van der Waals surface area (Å²) in [6, 6.07) is 25.3. The van der Waals surface area contributed by atoms with E-state index in [1.165, 1.54) is 10.5 Å². The van der Waals surface area contributed by atoms with Crippen LogP contribution >= 0.6 is 11.3 Å². The van der Waals surface area contributed by atoms with Crippen molar-refractivity contribution in [1.29, 1.82) is 0 Å². The van der Waals surface area contributed by atoms with E-state index in [0.29, 0.717) is 30.4 Å². The molecule has 19 heteroatoms. The van der Waals surface area contributed by atoms with Crippen LogP contribution in [0, 0.1) is 19.3 Å². The first-order valence-electron chi connectivity index (χ1n) is 27.3. The predicted octanol–water partition coefficient (Wildman–Crippen LogP) is 7.80. The summed E-state index contributed by atoms with van der Waals surface area (Å²) in [5.41, 5.74) is 9.94. The minimum atomic E-state index is -0.941. The number of nitrogens with one attached hydrogen (secondary N) is 4. The van der Waals surface area contributed by atoms with Gasteiger partial charge < -0.3 is 45.6 Å². The van der Waals surface area contributed by atoms with Gasteiger partial charge >= 0.3 is 0 Å². The van der Waals surface area contributed by atoms with Gasteiger partial charge in [0.2, 0.25) is 23.7 Å². The van der Waals surface area contributed by atoms with Gasteiger partial charge in [-0.1, -0.05) is 76.1 Å². The molecule has 2 aliphatic rings. The maximum atomic E-state index is 14.0. The summed E-state index contributed by atoms with van der Waals surface area (Å²) in [7, 11) is 0. The first-order valence-corrected chi connectivity index (χ1v) is 28.2. The summed E-state index contributed by atoms with van der Waals surface area (Å²) >= 11 is 1.58. The summed E-state index contributed by atoms with van der Waals surface area (Å²) in [4.78, 5) is 78.8.